The maximum Gasteiger partial charge on any atom is 0.313 e. The molecule has 0 bridgehead atoms. The third-order valence-electron chi connectivity index (χ3n) is 3.70. The average molecular weight is 330 g/mol. The maximum atomic E-state index is 12.3. The van der Waals surface area contributed by atoms with E-state index in [9.17, 15) is 18.7 Å². The van der Waals surface area contributed by atoms with Gasteiger partial charge in [0.05, 0.1) is 25.2 Å². The highest BCUT2D eigenvalue weighted by molar-refractivity contribution is 5.82. The van der Waals surface area contributed by atoms with Crippen molar-refractivity contribution in [2.24, 2.45) is 0 Å². The van der Waals surface area contributed by atoms with Crippen LogP contribution in [0.25, 0.3) is 0 Å². The van der Waals surface area contributed by atoms with Gasteiger partial charge in [-0.2, -0.15) is 4.98 Å². The predicted molar refractivity (Wildman–Crippen MR) is 80.2 cm³/mol. The molecule has 0 saturated carbocycles. The molecule has 0 amide bonds. The molecular formula is C14H20F2N4O3. The summed E-state index contributed by atoms with van der Waals surface area (Å²) in [6, 6.07) is 0. The fourth-order valence-corrected chi connectivity index (χ4v) is 2.20. The molecule has 7 nitrogen and oxygen atoms in total. The van der Waals surface area contributed by atoms with Gasteiger partial charge in [0.1, 0.15) is 5.82 Å². The molecule has 0 radical (unpaired) electrons. The zero-order valence-electron chi connectivity index (χ0n) is 13.1. The van der Waals surface area contributed by atoms with E-state index in [1.165, 1.54) is 6.20 Å². The van der Waals surface area contributed by atoms with Gasteiger partial charge in [0.25, 0.3) is 6.43 Å². The van der Waals surface area contributed by atoms with Crippen LogP contribution in [0.1, 0.15) is 19.4 Å². The Bertz CT molecular complexity index is 563. The second-order valence-electron chi connectivity index (χ2n) is 5.73. The predicted octanol–water partition coefficient (Wildman–Crippen LogP) is 1.35. The minimum atomic E-state index is -2.53. The molecule has 0 aromatic carbocycles. The Hall–Kier alpha value is -2.03. The van der Waals surface area contributed by atoms with Crippen molar-refractivity contribution in [2.75, 3.05) is 43.1 Å². The maximum absolute atomic E-state index is 12.3. The minimum Gasteiger partial charge on any atom is -0.481 e. The van der Waals surface area contributed by atoms with Crippen LogP contribution in [-0.4, -0.2) is 60.3 Å². The zero-order chi connectivity index (χ0) is 17.0. The van der Waals surface area contributed by atoms with Crippen molar-refractivity contribution in [3.8, 4) is 0 Å². The number of hydrogen-bond donors (Lipinski definition) is 2. The molecule has 1 fully saturated rings. The Morgan fingerprint density at radius 2 is 2.13 bits per heavy atom. The van der Waals surface area contributed by atoms with Crippen LogP contribution in [-0.2, 0) is 14.9 Å². The number of hydrogen-bond acceptors (Lipinski definition) is 6. The molecule has 0 spiro atoms. The summed E-state index contributed by atoms with van der Waals surface area (Å²) >= 11 is 0. The van der Waals surface area contributed by atoms with Crippen molar-refractivity contribution in [3.05, 3.63) is 11.8 Å². The fraction of sp³-hybridized carbons (Fsp3) is 0.643. The van der Waals surface area contributed by atoms with E-state index < -0.39 is 24.4 Å². The van der Waals surface area contributed by atoms with Gasteiger partial charge in [-0.05, 0) is 13.8 Å². The van der Waals surface area contributed by atoms with Gasteiger partial charge in [0.2, 0.25) is 5.95 Å². The van der Waals surface area contributed by atoms with Gasteiger partial charge in [-0.25, -0.2) is 13.8 Å². The van der Waals surface area contributed by atoms with E-state index in [-0.39, 0.29) is 5.95 Å². The molecule has 9 heteroatoms. The number of ether oxygens (including phenoxy) is 1. The van der Waals surface area contributed by atoms with E-state index in [1.807, 2.05) is 4.90 Å². The van der Waals surface area contributed by atoms with E-state index in [4.69, 9.17) is 4.74 Å². The van der Waals surface area contributed by atoms with Gasteiger partial charge < -0.3 is 20.1 Å². The van der Waals surface area contributed by atoms with Gasteiger partial charge in [-0.3, -0.25) is 4.79 Å². The number of morpholine rings is 1. The molecule has 0 atom stereocenters. The lowest BCUT2D eigenvalue weighted by Gasteiger charge is -2.32. The number of halogens is 2. The molecule has 1 aliphatic rings. The van der Waals surface area contributed by atoms with Crippen molar-refractivity contribution >= 4 is 17.7 Å². The quantitative estimate of drug-likeness (QED) is 0.814. The topological polar surface area (TPSA) is 87.6 Å². The van der Waals surface area contributed by atoms with Crippen molar-refractivity contribution in [2.45, 2.75) is 25.7 Å². The molecule has 1 aromatic rings. The summed E-state index contributed by atoms with van der Waals surface area (Å²) in [5.41, 5.74) is -0.760. The zero-order valence-corrected chi connectivity index (χ0v) is 13.1. The van der Waals surface area contributed by atoms with Crippen LogP contribution < -0.4 is 10.2 Å². The molecule has 2 rings (SSSR count). The molecule has 128 valence electrons. The van der Waals surface area contributed by atoms with Crippen LogP contribution in [0.15, 0.2) is 6.20 Å². The van der Waals surface area contributed by atoms with Gasteiger partial charge >= 0.3 is 5.97 Å². The summed E-state index contributed by atoms with van der Waals surface area (Å²) in [4.78, 5) is 21.7. The van der Waals surface area contributed by atoms with E-state index in [2.05, 4.69) is 15.3 Å². The lowest BCUT2D eigenvalue weighted by atomic mass is 9.85. The Kier molecular flexibility index (Phi) is 5.30. The monoisotopic (exact) mass is 330 g/mol. The number of anilines is 2. The fourth-order valence-electron chi connectivity index (χ4n) is 2.20. The first-order valence-electron chi connectivity index (χ1n) is 7.28. The molecule has 1 saturated heterocycles. The highest BCUT2D eigenvalue weighted by Crippen LogP contribution is 2.32. The van der Waals surface area contributed by atoms with Gasteiger partial charge in [-0.1, -0.05) is 0 Å². The van der Waals surface area contributed by atoms with Crippen LogP contribution in [0.5, 0.6) is 0 Å². The number of aliphatic carboxylic acids is 1. The molecular weight excluding hydrogens is 310 g/mol. The van der Waals surface area contributed by atoms with E-state index in [0.29, 0.717) is 37.7 Å². The molecule has 1 aliphatic heterocycles. The van der Waals surface area contributed by atoms with Crippen molar-refractivity contribution in [3.63, 3.8) is 0 Å². The highest BCUT2D eigenvalue weighted by atomic mass is 19.3. The van der Waals surface area contributed by atoms with E-state index in [1.54, 1.807) is 13.8 Å². The molecule has 2 heterocycles. The first-order valence-corrected chi connectivity index (χ1v) is 7.28. The normalized spacial score (nSPS) is 15.8. The molecule has 0 aliphatic carbocycles. The summed E-state index contributed by atoms with van der Waals surface area (Å²) in [5, 5.41) is 11.9. The lowest BCUT2D eigenvalue weighted by molar-refractivity contribution is -0.142. The lowest BCUT2D eigenvalue weighted by Crippen LogP contribution is -2.40. The Morgan fingerprint density at radius 3 is 2.70 bits per heavy atom. The van der Waals surface area contributed by atoms with Crippen molar-refractivity contribution < 1.29 is 23.4 Å². The van der Waals surface area contributed by atoms with Crippen LogP contribution in [0.3, 0.4) is 0 Å². The minimum absolute atomic E-state index is 0.0525. The van der Waals surface area contributed by atoms with Crippen molar-refractivity contribution in [1.29, 1.82) is 0 Å². The second-order valence-corrected chi connectivity index (χ2v) is 5.73. The number of carboxylic acids is 1. The van der Waals surface area contributed by atoms with Gasteiger partial charge in [-0.15, -0.1) is 0 Å². The third-order valence-corrected chi connectivity index (χ3v) is 3.70. The van der Waals surface area contributed by atoms with Crippen LogP contribution in [0.4, 0.5) is 20.5 Å². The van der Waals surface area contributed by atoms with Gasteiger partial charge in [0, 0.05) is 24.8 Å². The number of rotatable bonds is 6. The third kappa shape index (κ3) is 4.04. The summed E-state index contributed by atoms with van der Waals surface area (Å²) in [6.07, 6.45) is -1.14. The number of aromatic nitrogens is 2. The number of carboxylic acid groups (broad SMARTS) is 1. The summed E-state index contributed by atoms with van der Waals surface area (Å²) in [7, 11) is 0. The van der Waals surface area contributed by atoms with Crippen LogP contribution in [0.2, 0.25) is 0 Å². The summed E-state index contributed by atoms with van der Waals surface area (Å²) < 4.78 is 29.9. The summed E-state index contributed by atoms with van der Waals surface area (Å²) in [5.74, 6) is -0.520. The van der Waals surface area contributed by atoms with Crippen molar-refractivity contribution in [1.82, 2.24) is 9.97 Å². The second kappa shape index (κ2) is 7.03. The Balaban J connectivity index is 2.38. The van der Waals surface area contributed by atoms with E-state index >= 15 is 0 Å². The van der Waals surface area contributed by atoms with Crippen LogP contribution in [0, 0.1) is 0 Å². The molecule has 1 aromatic heterocycles. The smallest absolute Gasteiger partial charge is 0.313 e. The van der Waals surface area contributed by atoms with E-state index in [0.717, 1.165) is 0 Å². The average Bonchev–Trinajstić information content (AvgIpc) is 2.53. The Labute approximate surface area is 132 Å². The standard InChI is InChI=1S/C14H20F2N4O3/c1-14(2,12(21)22)9-7-17-13(18-8-10(15)16)19-11(9)20-3-5-23-6-4-20/h7,10H,3-6,8H2,1-2H3,(H,21,22)(H,17,18,19). The number of nitrogens with one attached hydrogen (secondary N) is 1. The first-order chi connectivity index (χ1) is 10.8. The van der Waals surface area contributed by atoms with Crippen LogP contribution >= 0.6 is 0 Å². The summed E-state index contributed by atoms with van der Waals surface area (Å²) in [6.45, 7) is 4.65. The first kappa shape index (κ1) is 17.3. The highest BCUT2D eigenvalue weighted by Gasteiger charge is 2.35. The van der Waals surface area contributed by atoms with Gasteiger partial charge in [0.15, 0.2) is 0 Å². The molecule has 0 unspecified atom stereocenters. The Morgan fingerprint density at radius 1 is 1.48 bits per heavy atom. The molecule has 2 N–H and O–H groups in total. The molecule has 23 heavy (non-hydrogen) atoms. The number of carbonyl (C=O) groups is 1. The number of nitrogens with zero attached hydrogens (tertiary/aromatic N) is 3. The SMILES string of the molecule is CC(C)(C(=O)O)c1cnc(NCC(F)F)nc1N1CCOCC1. The largest absolute Gasteiger partial charge is 0.481 e. The number of alkyl halides is 2.